The van der Waals surface area contributed by atoms with Gasteiger partial charge in [0, 0.05) is 12.0 Å². The molecule has 2 aromatic carbocycles. The topological polar surface area (TPSA) is 141 Å². The molecular weight excluding hydrogens is 505 g/mol. The van der Waals surface area contributed by atoms with Crippen molar-refractivity contribution in [2.45, 2.75) is 37.6 Å². The van der Waals surface area contributed by atoms with Crippen LogP contribution in [0.15, 0.2) is 38.4 Å². The second kappa shape index (κ2) is 10.2. The number of nitrogens with one attached hydrogen (secondary N) is 2. The second-order valence-corrected chi connectivity index (χ2v) is 9.81. The Bertz CT molecular complexity index is 1440. The number of carbonyl (C=O) groups is 1. The molecule has 0 radical (unpaired) electrons. The van der Waals surface area contributed by atoms with Gasteiger partial charge in [0.25, 0.3) is 0 Å². The van der Waals surface area contributed by atoms with Crippen LogP contribution in [0, 0.1) is 19.7 Å². The molecule has 35 heavy (non-hydrogen) atoms. The number of hydrogen-bond acceptors (Lipinski definition) is 8. The van der Waals surface area contributed by atoms with E-state index in [1.807, 2.05) is 0 Å². The Morgan fingerprint density at radius 3 is 2.51 bits per heavy atom. The van der Waals surface area contributed by atoms with Crippen molar-refractivity contribution in [1.82, 2.24) is 14.9 Å². The molecule has 1 heterocycles. The lowest BCUT2D eigenvalue weighted by molar-refractivity contribution is 0.0596. The maximum absolute atomic E-state index is 14.9. The molecule has 0 bridgehead atoms. The van der Waals surface area contributed by atoms with Gasteiger partial charge in [0.15, 0.2) is 0 Å². The lowest BCUT2D eigenvalue weighted by Gasteiger charge is -2.25. The van der Waals surface area contributed by atoms with Gasteiger partial charge in [0.2, 0.25) is 15.9 Å². The van der Waals surface area contributed by atoms with E-state index in [1.165, 1.54) is 13.2 Å². The molecule has 0 saturated heterocycles. The number of esters is 1. The van der Waals surface area contributed by atoms with E-state index in [4.69, 9.17) is 25.5 Å². The van der Waals surface area contributed by atoms with E-state index in [0.29, 0.717) is 5.56 Å². The highest BCUT2D eigenvalue weighted by molar-refractivity contribution is 7.89. The molecule has 0 unspecified atom stereocenters. The number of ether oxygens (including phenoxy) is 2. The molecule has 2 N–H and O–H groups in total. The minimum atomic E-state index is -4.55. The van der Waals surface area contributed by atoms with Crippen LogP contribution in [0.5, 0.6) is 5.75 Å². The quantitative estimate of drug-likeness (QED) is 0.425. The van der Waals surface area contributed by atoms with Crippen molar-refractivity contribution < 1.29 is 31.5 Å². The SMILES string of the molecule is COC(=O)c1cc(Cl)c(OC)cc1S(=O)(=O)N[C@H](c1n[nH]c(=O)o1)[C@H](C)c1c(F)ccc(C)c1C. The third-order valence-electron chi connectivity index (χ3n) is 5.64. The van der Waals surface area contributed by atoms with E-state index >= 15 is 0 Å². The summed E-state index contributed by atoms with van der Waals surface area (Å²) in [5, 5.41) is 5.81. The first-order valence-electron chi connectivity index (χ1n) is 10.2. The molecular formula is C22H23ClFN3O7S. The summed E-state index contributed by atoms with van der Waals surface area (Å²) < 4.78 is 59.2. The summed E-state index contributed by atoms with van der Waals surface area (Å²) in [5.41, 5.74) is 1.19. The zero-order valence-corrected chi connectivity index (χ0v) is 21.0. The lowest BCUT2D eigenvalue weighted by atomic mass is 9.88. The first-order valence-corrected chi connectivity index (χ1v) is 12.1. The van der Waals surface area contributed by atoms with Crippen LogP contribution in [0.1, 0.15) is 51.8 Å². The Kier molecular flexibility index (Phi) is 7.68. The van der Waals surface area contributed by atoms with Crippen molar-refractivity contribution in [2.24, 2.45) is 0 Å². The molecule has 13 heteroatoms. The molecule has 10 nitrogen and oxygen atoms in total. The zero-order chi connectivity index (χ0) is 26.1. The van der Waals surface area contributed by atoms with Gasteiger partial charge in [-0.1, -0.05) is 24.6 Å². The van der Waals surface area contributed by atoms with E-state index in [0.717, 1.165) is 24.8 Å². The maximum atomic E-state index is 14.9. The van der Waals surface area contributed by atoms with Crippen molar-refractivity contribution in [3.63, 3.8) is 0 Å². The van der Waals surface area contributed by atoms with Crippen molar-refractivity contribution in [2.75, 3.05) is 14.2 Å². The molecule has 1 aromatic heterocycles. The molecule has 3 aromatic rings. The number of rotatable bonds is 8. The highest BCUT2D eigenvalue weighted by Crippen LogP contribution is 2.37. The number of hydrogen-bond donors (Lipinski definition) is 2. The monoisotopic (exact) mass is 527 g/mol. The predicted octanol–water partition coefficient (Wildman–Crippen LogP) is 3.39. The summed E-state index contributed by atoms with van der Waals surface area (Å²) in [4.78, 5) is 23.5. The van der Waals surface area contributed by atoms with Crippen molar-refractivity contribution in [1.29, 1.82) is 0 Å². The van der Waals surface area contributed by atoms with E-state index < -0.39 is 44.4 Å². The number of methoxy groups -OCH3 is 2. The number of nitrogens with zero attached hydrogens (tertiary/aromatic N) is 1. The van der Waals surface area contributed by atoms with Gasteiger partial charge >= 0.3 is 11.7 Å². The minimum absolute atomic E-state index is 0.0174. The number of aromatic nitrogens is 2. The minimum Gasteiger partial charge on any atom is -0.495 e. The van der Waals surface area contributed by atoms with Crippen molar-refractivity contribution >= 4 is 27.6 Å². The fourth-order valence-electron chi connectivity index (χ4n) is 3.68. The van der Waals surface area contributed by atoms with Gasteiger partial charge in [-0.3, -0.25) is 0 Å². The van der Waals surface area contributed by atoms with Gasteiger partial charge in [-0.15, -0.1) is 5.10 Å². The first kappa shape index (κ1) is 26.4. The highest BCUT2D eigenvalue weighted by atomic mass is 35.5. The van der Waals surface area contributed by atoms with Crippen LogP contribution in [-0.2, 0) is 14.8 Å². The second-order valence-electron chi connectivity index (χ2n) is 7.72. The van der Waals surface area contributed by atoms with Crippen LogP contribution < -0.4 is 15.2 Å². The van der Waals surface area contributed by atoms with E-state index in [9.17, 15) is 22.4 Å². The summed E-state index contributed by atoms with van der Waals surface area (Å²) in [6.07, 6.45) is 0. The number of aromatic amines is 1. The van der Waals surface area contributed by atoms with Crippen LogP contribution in [0.3, 0.4) is 0 Å². The number of aryl methyl sites for hydroxylation is 1. The van der Waals surface area contributed by atoms with Crippen LogP contribution in [0.4, 0.5) is 4.39 Å². The molecule has 0 spiro atoms. The Morgan fingerprint density at radius 1 is 1.26 bits per heavy atom. The zero-order valence-electron chi connectivity index (χ0n) is 19.4. The summed E-state index contributed by atoms with van der Waals surface area (Å²) >= 11 is 6.08. The van der Waals surface area contributed by atoms with E-state index in [2.05, 4.69) is 14.9 Å². The maximum Gasteiger partial charge on any atom is 0.434 e. The molecule has 0 aliphatic carbocycles. The average molecular weight is 528 g/mol. The van der Waals surface area contributed by atoms with Crippen LogP contribution in [0.2, 0.25) is 5.02 Å². The summed E-state index contributed by atoms with van der Waals surface area (Å²) in [5.74, 6) is -3.71. The molecule has 3 rings (SSSR count). The number of sulfonamides is 1. The Morgan fingerprint density at radius 2 is 1.94 bits per heavy atom. The molecule has 0 amide bonds. The van der Waals surface area contributed by atoms with E-state index in [-0.39, 0.29) is 27.8 Å². The number of carbonyl (C=O) groups excluding carboxylic acids is 1. The molecule has 0 saturated carbocycles. The van der Waals surface area contributed by atoms with Gasteiger partial charge in [-0.25, -0.2) is 27.5 Å². The fraction of sp³-hybridized carbons (Fsp3) is 0.318. The Balaban J connectivity index is 2.19. The lowest BCUT2D eigenvalue weighted by Crippen LogP contribution is -2.34. The number of benzene rings is 2. The molecule has 188 valence electrons. The fourth-order valence-corrected chi connectivity index (χ4v) is 5.39. The van der Waals surface area contributed by atoms with Crippen LogP contribution in [0.25, 0.3) is 0 Å². The Hall–Kier alpha value is -3.22. The van der Waals surface area contributed by atoms with Gasteiger partial charge in [-0.2, -0.15) is 4.72 Å². The average Bonchev–Trinajstić information content (AvgIpc) is 3.25. The normalized spacial score (nSPS) is 13.3. The number of halogens is 2. The number of H-pyrrole nitrogens is 1. The van der Waals surface area contributed by atoms with Crippen LogP contribution in [-0.4, -0.2) is 38.8 Å². The summed E-state index contributed by atoms with van der Waals surface area (Å²) in [7, 11) is -2.20. The first-order chi connectivity index (χ1) is 16.4. The smallest absolute Gasteiger partial charge is 0.434 e. The van der Waals surface area contributed by atoms with Gasteiger partial charge in [-0.05, 0) is 42.7 Å². The third kappa shape index (κ3) is 5.24. The standard InChI is InChI=1S/C22H23ClFN3O7S/c1-10-6-7-15(24)18(11(10)2)12(3)19(20-25-26-22(29)34-20)27-35(30,31)17-9-16(32-4)14(23)8-13(17)21(28)33-5/h6-9,12,19,27H,1-5H3,(H,26,29)/t12-,19+/m1/s1. The predicted molar refractivity (Wildman–Crippen MR) is 124 cm³/mol. The highest BCUT2D eigenvalue weighted by Gasteiger charge is 2.35. The molecule has 0 aliphatic rings. The molecule has 0 aliphatic heterocycles. The summed E-state index contributed by atoms with van der Waals surface area (Å²) in [6, 6.07) is 3.66. The van der Waals surface area contributed by atoms with Gasteiger partial charge in [0.1, 0.15) is 22.5 Å². The van der Waals surface area contributed by atoms with Crippen molar-refractivity contribution in [3.8, 4) is 5.75 Å². The third-order valence-corrected chi connectivity index (χ3v) is 7.42. The van der Waals surface area contributed by atoms with Gasteiger partial charge < -0.3 is 13.9 Å². The van der Waals surface area contributed by atoms with Crippen LogP contribution >= 0.6 is 11.6 Å². The Labute approximate surface area is 205 Å². The van der Waals surface area contributed by atoms with Gasteiger partial charge in [0.05, 0.1) is 24.8 Å². The van der Waals surface area contributed by atoms with Crippen molar-refractivity contribution in [3.05, 3.63) is 73.8 Å². The summed E-state index contributed by atoms with van der Waals surface area (Å²) in [6.45, 7) is 5.02. The molecule has 0 fully saturated rings. The molecule has 2 atom stereocenters. The largest absolute Gasteiger partial charge is 0.495 e. The van der Waals surface area contributed by atoms with E-state index in [1.54, 1.807) is 26.8 Å².